The number of nitrogens with zero attached hydrogens (tertiary/aromatic N) is 4. The minimum Gasteiger partial charge on any atom is -0.438 e. The first-order chi connectivity index (χ1) is 16.6. The summed E-state index contributed by atoms with van der Waals surface area (Å²) in [6.45, 7) is 0. The van der Waals surface area contributed by atoms with Crippen molar-refractivity contribution >= 4 is 15.7 Å². The summed E-state index contributed by atoms with van der Waals surface area (Å²) in [6, 6.07) is 28.3. The second kappa shape index (κ2) is 9.16. The molecule has 2 aromatic heterocycles. The quantitative estimate of drug-likeness (QED) is 0.363. The molecule has 5 rings (SSSR count). The van der Waals surface area contributed by atoms with Crippen LogP contribution in [-0.2, 0) is 10.0 Å². The zero-order chi connectivity index (χ0) is 23.4. The maximum absolute atomic E-state index is 12.8. The number of benzene rings is 3. The monoisotopic (exact) mass is 469 g/mol. The lowest BCUT2D eigenvalue weighted by molar-refractivity contribution is 0.454. The SMILES string of the molecule is O=S(=O)(Nc1ccc(Oc2ccc(-n3cccn3)nn2)cc1)c1ccc(-c2ccccc2)cc1. The highest BCUT2D eigenvalue weighted by Crippen LogP contribution is 2.25. The zero-order valence-electron chi connectivity index (χ0n) is 17.8. The lowest BCUT2D eigenvalue weighted by Crippen LogP contribution is -2.12. The van der Waals surface area contributed by atoms with Crippen LogP contribution in [0.4, 0.5) is 5.69 Å². The van der Waals surface area contributed by atoms with Gasteiger partial charge in [-0.2, -0.15) is 5.10 Å². The first kappa shape index (κ1) is 21.4. The molecule has 0 aliphatic carbocycles. The predicted octanol–water partition coefficient (Wildman–Crippen LogP) is 4.92. The van der Waals surface area contributed by atoms with E-state index in [0.717, 1.165) is 11.1 Å². The number of sulfonamides is 1. The highest BCUT2D eigenvalue weighted by molar-refractivity contribution is 7.92. The van der Waals surface area contributed by atoms with Crippen LogP contribution in [0.1, 0.15) is 0 Å². The summed E-state index contributed by atoms with van der Waals surface area (Å²) in [7, 11) is -3.73. The van der Waals surface area contributed by atoms with E-state index in [1.54, 1.807) is 83.8 Å². The van der Waals surface area contributed by atoms with E-state index in [9.17, 15) is 8.42 Å². The third-order valence-electron chi connectivity index (χ3n) is 4.97. The summed E-state index contributed by atoms with van der Waals surface area (Å²) in [5, 5.41) is 12.2. The molecule has 8 nitrogen and oxygen atoms in total. The average molecular weight is 470 g/mol. The Balaban J connectivity index is 1.24. The van der Waals surface area contributed by atoms with Gasteiger partial charge in [0.15, 0.2) is 5.82 Å². The van der Waals surface area contributed by atoms with Crippen molar-refractivity contribution in [2.75, 3.05) is 4.72 Å². The number of anilines is 1. The molecule has 0 spiro atoms. The zero-order valence-corrected chi connectivity index (χ0v) is 18.6. The van der Waals surface area contributed by atoms with Gasteiger partial charge in [-0.15, -0.1) is 10.2 Å². The van der Waals surface area contributed by atoms with Crippen LogP contribution in [0.2, 0.25) is 0 Å². The van der Waals surface area contributed by atoms with Gasteiger partial charge in [0, 0.05) is 24.1 Å². The van der Waals surface area contributed by atoms with Gasteiger partial charge in [-0.05, 0) is 59.7 Å². The predicted molar refractivity (Wildman–Crippen MR) is 128 cm³/mol. The standard InChI is InChI=1S/C25H19N5O3S/c31-34(32,23-13-7-20(8-14-23)19-5-2-1-3-6-19)29-21-9-11-22(12-10-21)33-25-16-15-24(27-28-25)30-18-4-17-26-30/h1-18,29H. The van der Waals surface area contributed by atoms with Crippen molar-refractivity contribution in [3.8, 4) is 28.6 Å². The van der Waals surface area contributed by atoms with Crippen molar-refractivity contribution in [3.63, 3.8) is 0 Å². The van der Waals surface area contributed by atoms with E-state index in [2.05, 4.69) is 20.0 Å². The molecule has 0 radical (unpaired) electrons. The summed E-state index contributed by atoms with van der Waals surface area (Å²) in [6.07, 6.45) is 3.42. The van der Waals surface area contributed by atoms with Gasteiger partial charge in [-0.25, -0.2) is 13.1 Å². The van der Waals surface area contributed by atoms with Gasteiger partial charge >= 0.3 is 0 Å². The van der Waals surface area contributed by atoms with Crippen LogP contribution in [0.5, 0.6) is 11.6 Å². The number of hydrogen-bond acceptors (Lipinski definition) is 6. The molecule has 0 bridgehead atoms. The molecule has 168 valence electrons. The third-order valence-corrected chi connectivity index (χ3v) is 6.36. The maximum Gasteiger partial charge on any atom is 0.261 e. The fraction of sp³-hybridized carbons (Fsp3) is 0. The molecule has 0 unspecified atom stereocenters. The lowest BCUT2D eigenvalue weighted by Gasteiger charge is -2.10. The number of nitrogens with one attached hydrogen (secondary N) is 1. The topological polar surface area (TPSA) is 99.0 Å². The number of aromatic nitrogens is 4. The highest BCUT2D eigenvalue weighted by Gasteiger charge is 2.14. The second-order valence-electron chi connectivity index (χ2n) is 7.30. The minimum atomic E-state index is -3.73. The maximum atomic E-state index is 12.8. The van der Waals surface area contributed by atoms with Crippen molar-refractivity contribution in [1.29, 1.82) is 0 Å². The molecule has 9 heteroatoms. The first-order valence-electron chi connectivity index (χ1n) is 10.4. The van der Waals surface area contributed by atoms with Gasteiger partial charge in [0.1, 0.15) is 5.75 Å². The molecule has 0 fully saturated rings. The van der Waals surface area contributed by atoms with Gasteiger partial charge in [0.05, 0.1) is 4.90 Å². The van der Waals surface area contributed by atoms with Crippen molar-refractivity contribution in [2.24, 2.45) is 0 Å². The molecule has 0 amide bonds. The van der Waals surface area contributed by atoms with Crippen LogP contribution in [0.3, 0.4) is 0 Å². The Morgan fingerprint density at radius 2 is 1.47 bits per heavy atom. The molecule has 0 saturated heterocycles. The first-order valence-corrected chi connectivity index (χ1v) is 11.9. The van der Waals surface area contributed by atoms with Crippen LogP contribution < -0.4 is 9.46 Å². The molecule has 1 N–H and O–H groups in total. The van der Waals surface area contributed by atoms with Crippen LogP contribution in [0.25, 0.3) is 16.9 Å². The Kier molecular flexibility index (Phi) is 5.75. The van der Waals surface area contributed by atoms with Gasteiger partial charge in [-0.1, -0.05) is 42.5 Å². The largest absolute Gasteiger partial charge is 0.438 e. The summed E-state index contributed by atoms with van der Waals surface area (Å²) in [5.74, 6) is 1.37. The Morgan fingerprint density at radius 3 is 2.12 bits per heavy atom. The van der Waals surface area contributed by atoms with E-state index in [1.165, 1.54) is 0 Å². The third kappa shape index (κ3) is 4.79. The van der Waals surface area contributed by atoms with Crippen LogP contribution in [0.15, 0.2) is 114 Å². The summed E-state index contributed by atoms with van der Waals surface area (Å²) in [4.78, 5) is 0.181. The van der Waals surface area contributed by atoms with E-state index >= 15 is 0 Å². The van der Waals surface area contributed by atoms with Gasteiger partial charge < -0.3 is 4.74 Å². The van der Waals surface area contributed by atoms with Crippen molar-refractivity contribution in [2.45, 2.75) is 4.90 Å². The van der Waals surface area contributed by atoms with E-state index in [-0.39, 0.29) is 4.90 Å². The summed E-state index contributed by atoms with van der Waals surface area (Å²) in [5.41, 5.74) is 2.39. The van der Waals surface area contributed by atoms with E-state index in [4.69, 9.17) is 4.74 Å². The Hall–Kier alpha value is -4.50. The Morgan fingerprint density at radius 1 is 0.735 bits per heavy atom. The molecule has 5 aromatic rings. The average Bonchev–Trinajstić information content (AvgIpc) is 3.41. The van der Waals surface area contributed by atoms with Gasteiger partial charge in [-0.3, -0.25) is 4.72 Å². The van der Waals surface area contributed by atoms with E-state index in [1.807, 2.05) is 30.3 Å². The van der Waals surface area contributed by atoms with Crippen LogP contribution in [0, 0.1) is 0 Å². The summed E-state index contributed by atoms with van der Waals surface area (Å²) >= 11 is 0. The second-order valence-corrected chi connectivity index (χ2v) is 8.99. The van der Waals surface area contributed by atoms with E-state index in [0.29, 0.717) is 23.1 Å². The van der Waals surface area contributed by atoms with Crippen LogP contribution in [-0.4, -0.2) is 28.4 Å². The molecule has 2 heterocycles. The van der Waals surface area contributed by atoms with Gasteiger partial charge in [0.2, 0.25) is 5.88 Å². The molecule has 0 aliphatic rings. The Labute approximate surface area is 196 Å². The fourth-order valence-corrected chi connectivity index (χ4v) is 4.34. The van der Waals surface area contributed by atoms with Crippen molar-refractivity contribution in [1.82, 2.24) is 20.0 Å². The Bertz CT molecular complexity index is 1470. The summed E-state index contributed by atoms with van der Waals surface area (Å²) < 4.78 is 35.4. The molecular weight excluding hydrogens is 450 g/mol. The molecule has 0 aliphatic heterocycles. The fourth-order valence-electron chi connectivity index (χ4n) is 3.28. The molecule has 0 saturated carbocycles. The van der Waals surface area contributed by atoms with Crippen molar-refractivity contribution in [3.05, 3.63) is 109 Å². The van der Waals surface area contributed by atoms with Crippen LogP contribution >= 0.6 is 0 Å². The molecular formula is C25H19N5O3S. The van der Waals surface area contributed by atoms with Crippen molar-refractivity contribution < 1.29 is 13.2 Å². The number of rotatable bonds is 7. The molecule has 34 heavy (non-hydrogen) atoms. The highest BCUT2D eigenvalue weighted by atomic mass is 32.2. The number of ether oxygens (including phenoxy) is 1. The van der Waals surface area contributed by atoms with E-state index < -0.39 is 10.0 Å². The molecule has 3 aromatic carbocycles. The smallest absolute Gasteiger partial charge is 0.261 e. The normalized spacial score (nSPS) is 11.2. The number of hydrogen-bond donors (Lipinski definition) is 1. The lowest BCUT2D eigenvalue weighted by atomic mass is 10.1. The minimum absolute atomic E-state index is 0.181. The van der Waals surface area contributed by atoms with Gasteiger partial charge in [0.25, 0.3) is 10.0 Å². The molecule has 0 atom stereocenters.